The highest BCUT2D eigenvalue weighted by Crippen LogP contribution is 2.31. The number of nitrogens with zero attached hydrogens (tertiary/aromatic N) is 4. The summed E-state index contributed by atoms with van der Waals surface area (Å²) in [7, 11) is 3.59. The van der Waals surface area contributed by atoms with Gasteiger partial charge in [-0.3, -0.25) is 9.48 Å². The molecular weight excluding hydrogens is 442 g/mol. The van der Waals surface area contributed by atoms with Crippen LogP contribution in [-0.4, -0.2) is 30.4 Å². The second-order valence-electron chi connectivity index (χ2n) is 8.83. The first-order valence-electron chi connectivity index (χ1n) is 11.3. The first kappa shape index (κ1) is 22.3. The van der Waals surface area contributed by atoms with E-state index in [4.69, 9.17) is 4.98 Å². The van der Waals surface area contributed by atoms with Crippen molar-refractivity contribution in [3.63, 3.8) is 0 Å². The van der Waals surface area contributed by atoms with E-state index in [1.165, 1.54) is 0 Å². The summed E-state index contributed by atoms with van der Waals surface area (Å²) in [5.41, 5.74) is 5.36. The van der Waals surface area contributed by atoms with E-state index < -0.39 is 5.97 Å². The number of pyridine rings is 2. The van der Waals surface area contributed by atoms with Gasteiger partial charge in [-0.1, -0.05) is 18.2 Å². The maximum Gasteiger partial charge on any atom is 0.337 e. The lowest BCUT2D eigenvalue weighted by Crippen LogP contribution is -2.20. The van der Waals surface area contributed by atoms with Crippen molar-refractivity contribution < 1.29 is 9.90 Å². The lowest BCUT2D eigenvalue weighted by Gasteiger charge is -2.21. The quantitative estimate of drug-likeness (QED) is 0.390. The van der Waals surface area contributed by atoms with Gasteiger partial charge < -0.3 is 15.0 Å². The Morgan fingerprint density at radius 1 is 1.03 bits per heavy atom. The van der Waals surface area contributed by atoms with Crippen LogP contribution in [0.4, 0.5) is 5.69 Å². The SMILES string of the molecule is Cc1cc(C(C)Nc2ccccc2C(=O)O)c2cc(-c3ccc4nn(C)cc4n3)n(C)c(=O)c2c1. The summed E-state index contributed by atoms with van der Waals surface area (Å²) in [6, 6.07) is 16.2. The number of rotatable bonds is 5. The number of carboxylic acid groups (broad SMARTS) is 1. The molecule has 1 atom stereocenters. The normalized spacial score (nSPS) is 12.2. The van der Waals surface area contributed by atoms with E-state index in [0.29, 0.717) is 22.5 Å². The largest absolute Gasteiger partial charge is 0.478 e. The molecule has 0 bridgehead atoms. The Morgan fingerprint density at radius 2 is 1.80 bits per heavy atom. The number of carboxylic acids is 1. The number of hydrogen-bond donors (Lipinski definition) is 2. The fraction of sp³-hybridized carbons (Fsp3) is 0.185. The van der Waals surface area contributed by atoms with Crippen LogP contribution in [-0.2, 0) is 14.1 Å². The van der Waals surface area contributed by atoms with Crippen molar-refractivity contribution in [3.05, 3.63) is 87.8 Å². The molecule has 2 N–H and O–H groups in total. The van der Waals surface area contributed by atoms with E-state index in [1.54, 1.807) is 40.6 Å². The molecule has 0 fully saturated rings. The van der Waals surface area contributed by atoms with Gasteiger partial charge >= 0.3 is 5.97 Å². The smallest absolute Gasteiger partial charge is 0.337 e. The molecule has 3 heterocycles. The van der Waals surface area contributed by atoms with E-state index in [0.717, 1.165) is 27.5 Å². The maximum absolute atomic E-state index is 13.4. The lowest BCUT2D eigenvalue weighted by atomic mass is 9.96. The molecule has 5 rings (SSSR count). The monoisotopic (exact) mass is 467 g/mol. The molecule has 0 aliphatic heterocycles. The first-order chi connectivity index (χ1) is 16.7. The highest BCUT2D eigenvalue weighted by molar-refractivity contribution is 5.95. The van der Waals surface area contributed by atoms with Gasteiger partial charge in [-0.05, 0) is 66.8 Å². The standard InChI is InChI=1S/C27H25N5O3/c1-15-11-18(16(2)28-21-8-6-5-7-17(21)27(34)35)19-13-25(32(4)26(33)20(19)12-15)23-10-9-22-24(29-23)14-31(3)30-22/h5-14,16,28H,1-4H3,(H,34,35). The summed E-state index contributed by atoms with van der Waals surface area (Å²) < 4.78 is 3.33. The van der Waals surface area contributed by atoms with Crippen molar-refractivity contribution in [2.75, 3.05) is 5.32 Å². The molecule has 176 valence electrons. The second-order valence-corrected chi connectivity index (χ2v) is 8.83. The number of para-hydroxylation sites is 1. The van der Waals surface area contributed by atoms with Crippen LogP contribution in [0.3, 0.4) is 0 Å². The molecular formula is C27H25N5O3. The van der Waals surface area contributed by atoms with Gasteiger partial charge in [0.25, 0.3) is 5.56 Å². The molecule has 8 nitrogen and oxygen atoms in total. The van der Waals surface area contributed by atoms with E-state index in [1.807, 2.05) is 57.4 Å². The molecule has 8 heteroatoms. The molecule has 0 radical (unpaired) electrons. The third-order valence-corrected chi connectivity index (χ3v) is 6.27. The molecule has 35 heavy (non-hydrogen) atoms. The van der Waals surface area contributed by atoms with Crippen LogP contribution in [0.15, 0.2) is 65.6 Å². The molecule has 0 saturated carbocycles. The molecule has 2 aromatic carbocycles. The van der Waals surface area contributed by atoms with Crippen molar-refractivity contribution in [2.24, 2.45) is 14.1 Å². The summed E-state index contributed by atoms with van der Waals surface area (Å²) in [6.07, 6.45) is 1.85. The van der Waals surface area contributed by atoms with Crippen molar-refractivity contribution in [3.8, 4) is 11.4 Å². The highest BCUT2D eigenvalue weighted by atomic mass is 16.4. The van der Waals surface area contributed by atoms with Crippen LogP contribution in [0.5, 0.6) is 0 Å². The topological polar surface area (TPSA) is 102 Å². The fourth-order valence-electron chi connectivity index (χ4n) is 4.56. The minimum atomic E-state index is -0.998. The molecule has 0 aliphatic rings. The molecule has 3 aromatic heterocycles. The van der Waals surface area contributed by atoms with Gasteiger partial charge in [-0.25, -0.2) is 9.78 Å². The number of aryl methyl sites for hydroxylation is 2. The van der Waals surface area contributed by atoms with Crippen LogP contribution in [0.2, 0.25) is 0 Å². The van der Waals surface area contributed by atoms with Crippen LogP contribution in [0.1, 0.15) is 34.5 Å². The Balaban J connectivity index is 1.68. The van der Waals surface area contributed by atoms with Gasteiger partial charge in [-0.15, -0.1) is 0 Å². The van der Waals surface area contributed by atoms with Gasteiger partial charge in [-0.2, -0.15) is 5.10 Å². The number of aromatic carboxylic acids is 1. The number of hydrogen-bond acceptors (Lipinski definition) is 5. The van der Waals surface area contributed by atoms with Crippen LogP contribution >= 0.6 is 0 Å². The number of nitrogens with one attached hydrogen (secondary N) is 1. The van der Waals surface area contributed by atoms with Crippen LogP contribution in [0.25, 0.3) is 33.2 Å². The third-order valence-electron chi connectivity index (χ3n) is 6.27. The lowest BCUT2D eigenvalue weighted by molar-refractivity contribution is 0.0698. The summed E-state index contributed by atoms with van der Waals surface area (Å²) in [5.74, 6) is -0.998. The molecule has 0 amide bonds. The van der Waals surface area contributed by atoms with Crippen LogP contribution < -0.4 is 10.9 Å². The third kappa shape index (κ3) is 3.93. The molecule has 5 aromatic rings. The highest BCUT2D eigenvalue weighted by Gasteiger charge is 2.18. The second kappa shape index (κ2) is 8.39. The Labute approximate surface area is 201 Å². The van der Waals surface area contributed by atoms with Gasteiger partial charge in [0.1, 0.15) is 11.0 Å². The van der Waals surface area contributed by atoms with Gasteiger partial charge in [0.2, 0.25) is 0 Å². The predicted molar refractivity (Wildman–Crippen MR) is 137 cm³/mol. The predicted octanol–water partition coefficient (Wildman–Crippen LogP) is 4.67. The number of carbonyl (C=O) groups is 1. The Morgan fingerprint density at radius 3 is 2.57 bits per heavy atom. The molecule has 0 saturated heterocycles. The zero-order valence-corrected chi connectivity index (χ0v) is 19.9. The summed E-state index contributed by atoms with van der Waals surface area (Å²) in [4.78, 5) is 29.9. The number of fused-ring (bicyclic) bond motifs is 2. The molecule has 0 aliphatic carbocycles. The number of benzene rings is 2. The zero-order valence-electron chi connectivity index (χ0n) is 19.9. The minimum absolute atomic E-state index is 0.117. The Bertz CT molecular complexity index is 1680. The maximum atomic E-state index is 13.4. The fourth-order valence-corrected chi connectivity index (χ4v) is 4.56. The zero-order chi connectivity index (χ0) is 24.9. The van der Waals surface area contributed by atoms with Crippen LogP contribution in [0, 0.1) is 6.92 Å². The number of aromatic nitrogens is 4. The van der Waals surface area contributed by atoms with Gasteiger partial charge in [0.15, 0.2) is 0 Å². The van der Waals surface area contributed by atoms with E-state index in [2.05, 4.69) is 10.4 Å². The van der Waals surface area contributed by atoms with E-state index >= 15 is 0 Å². The average Bonchev–Trinajstić information content (AvgIpc) is 3.20. The molecule has 0 spiro atoms. The van der Waals surface area contributed by atoms with Gasteiger partial charge in [0.05, 0.1) is 23.1 Å². The average molecular weight is 468 g/mol. The van der Waals surface area contributed by atoms with E-state index in [9.17, 15) is 14.7 Å². The summed E-state index contributed by atoms with van der Waals surface area (Å²) in [6.45, 7) is 3.91. The minimum Gasteiger partial charge on any atom is -0.478 e. The van der Waals surface area contributed by atoms with Gasteiger partial charge in [0, 0.05) is 31.2 Å². The molecule has 1 unspecified atom stereocenters. The van der Waals surface area contributed by atoms with Crippen molar-refractivity contribution in [2.45, 2.75) is 19.9 Å². The van der Waals surface area contributed by atoms with Crippen molar-refractivity contribution >= 4 is 33.5 Å². The number of anilines is 1. The Hall–Kier alpha value is -4.46. The van der Waals surface area contributed by atoms with E-state index in [-0.39, 0.29) is 17.2 Å². The van der Waals surface area contributed by atoms with Crippen molar-refractivity contribution in [1.82, 2.24) is 19.3 Å². The summed E-state index contributed by atoms with van der Waals surface area (Å²) in [5, 5.41) is 18.7. The summed E-state index contributed by atoms with van der Waals surface area (Å²) >= 11 is 0. The first-order valence-corrected chi connectivity index (χ1v) is 11.3. The van der Waals surface area contributed by atoms with Crippen molar-refractivity contribution in [1.29, 1.82) is 0 Å². The Kier molecular flexibility index (Phi) is 5.36.